The molecule has 0 N–H and O–H groups in total. The summed E-state index contributed by atoms with van der Waals surface area (Å²) in [5.74, 6) is 0.555. The normalized spacial score (nSPS) is 49.5. The second-order valence-electron chi connectivity index (χ2n) is 14.6. The van der Waals surface area contributed by atoms with Gasteiger partial charge in [0.2, 0.25) is 0 Å². The highest BCUT2D eigenvalue weighted by atomic mass is 127. The topological polar surface area (TPSA) is 60.4 Å². The number of rotatable bonds is 1. The lowest BCUT2D eigenvalue weighted by Gasteiger charge is -2.69. The summed E-state index contributed by atoms with van der Waals surface area (Å²) >= 11 is 2.20. The van der Waals surface area contributed by atoms with E-state index in [1.165, 1.54) is 12.7 Å². The maximum absolute atomic E-state index is 14.3. The van der Waals surface area contributed by atoms with E-state index in [0.717, 1.165) is 48.5 Å². The maximum atomic E-state index is 14.3. The second-order valence-corrected chi connectivity index (χ2v) is 15.8. The van der Waals surface area contributed by atoms with Crippen LogP contribution in [0.3, 0.4) is 0 Å². The van der Waals surface area contributed by atoms with Crippen LogP contribution in [0.25, 0.3) is 0 Å². The molecule has 2 unspecified atom stereocenters. The van der Waals surface area contributed by atoms with Gasteiger partial charge in [-0.05, 0) is 109 Å². The number of esters is 1. The molecule has 0 saturated heterocycles. The molecule has 36 heavy (non-hydrogen) atoms. The fraction of sp³-hybridized carbons (Fsp3) is 0.774. The van der Waals surface area contributed by atoms with Gasteiger partial charge in [-0.3, -0.25) is 14.4 Å². The number of allylic oxidation sites excluding steroid dienone is 4. The summed E-state index contributed by atoms with van der Waals surface area (Å²) < 4.78 is 6.03. The van der Waals surface area contributed by atoms with Crippen LogP contribution in [0.5, 0.6) is 0 Å². The predicted octanol–water partition coefficient (Wildman–Crippen LogP) is 7.25. The van der Waals surface area contributed by atoms with Gasteiger partial charge in [0.1, 0.15) is 0 Å². The van der Waals surface area contributed by atoms with Crippen LogP contribution < -0.4 is 0 Å². The molecule has 0 amide bonds. The molecule has 0 radical (unpaired) electrons. The van der Waals surface area contributed by atoms with Crippen LogP contribution in [0.2, 0.25) is 0 Å². The number of carbonyl (C=O) groups excluding carboxylic acids is 3. The number of ketones is 2. The molecule has 0 heterocycles. The summed E-state index contributed by atoms with van der Waals surface area (Å²) in [6.45, 7) is 15.7. The zero-order chi connectivity index (χ0) is 26.7. The van der Waals surface area contributed by atoms with Crippen LogP contribution in [0, 0.1) is 50.2 Å². The van der Waals surface area contributed by atoms with Gasteiger partial charge >= 0.3 is 5.97 Å². The Morgan fingerprint density at radius 2 is 1.61 bits per heavy atom. The molecule has 0 aromatic rings. The van der Waals surface area contributed by atoms with E-state index >= 15 is 0 Å². The van der Waals surface area contributed by atoms with Crippen molar-refractivity contribution in [3.63, 3.8) is 0 Å². The SMILES string of the molecule is COC(=O)C1(C)CC[C@]2(C)CC[C@]3(C)C(=CC(=O)[C@@H]4[C@@]5(C)C=C(I)C(=O)C(C)(C)C5CC[C@]43C)[C@@H]2C1. The Labute approximate surface area is 230 Å². The molecule has 5 aliphatic rings. The lowest BCUT2D eigenvalue weighted by atomic mass is 9.34. The molecule has 0 aromatic heterocycles. The monoisotopic (exact) mass is 606 g/mol. The molecule has 5 aliphatic carbocycles. The lowest BCUT2D eigenvalue weighted by Crippen LogP contribution is -2.65. The van der Waals surface area contributed by atoms with Crippen LogP contribution in [-0.2, 0) is 19.1 Å². The number of halogens is 1. The van der Waals surface area contributed by atoms with E-state index in [1.807, 2.05) is 6.08 Å². The Morgan fingerprint density at radius 1 is 0.972 bits per heavy atom. The van der Waals surface area contributed by atoms with Crippen molar-refractivity contribution >= 4 is 40.1 Å². The molecule has 3 fully saturated rings. The zero-order valence-corrected chi connectivity index (χ0v) is 25.5. The van der Waals surface area contributed by atoms with E-state index in [1.54, 1.807) is 0 Å². The minimum atomic E-state index is -0.505. The zero-order valence-electron chi connectivity index (χ0n) is 23.3. The Balaban J connectivity index is 1.65. The summed E-state index contributed by atoms with van der Waals surface area (Å²) in [7, 11) is 1.49. The van der Waals surface area contributed by atoms with E-state index in [4.69, 9.17) is 4.74 Å². The van der Waals surface area contributed by atoms with Crippen LogP contribution in [-0.4, -0.2) is 24.6 Å². The highest BCUT2D eigenvalue weighted by Crippen LogP contribution is 2.74. The van der Waals surface area contributed by atoms with Gasteiger partial charge in [0.25, 0.3) is 0 Å². The quantitative estimate of drug-likeness (QED) is 0.233. The Kier molecular flexibility index (Phi) is 5.76. The largest absolute Gasteiger partial charge is 0.469 e. The van der Waals surface area contributed by atoms with Crippen LogP contribution in [0.15, 0.2) is 21.3 Å². The van der Waals surface area contributed by atoms with Crippen LogP contribution in [0.4, 0.5) is 0 Å². The molecule has 3 saturated carbocycles. The highest BCUT2D eigenvalue weighted by molar-refractivity contribution is 14.1. The summed E-state index contributed by atoms with van der Waals surface area (Å²) in [4.78, 5) is 40.4. The van der Waals surface area contributed by atoms with Crippen molar-refractivity contribution in [1.29, 1.82) is 0 Å². The third-order valence-electron chi connectivity index (χ3n) is 12.5. The van der Waals surface area contributed by atoms with Gasteiger partial charge in [0.05, 0.1) is 16.1 Å². The van der Waals surface area contributed by atoms with Crippen molar-refractivity contribution in [2.75, 3.05) is 7.11 Å². The summed E-state index contributed by atoms with van der Waals surface area (Å²) in [6.07, 6.45) is 10.9. The van der Waals surface area contributed by atoms with E-state index in [2.05, 4.69) is 77.1 Å². The van der Waals surface area contributed by atoms with Gasteiger partial charge in [-0.25, -0.2) is 0 Å². The van der Waals surface area contributed by atoms with Crippen LogP contribution >= 0.6 is 22.6 Å². The third-order valence-corrected chi connectivity index (χ3v) is 13.3. The van der Waals surface area contributed by atoms with Crippen molar-refractivity contribution in [3.05, 3.63) is 21.3 Å². The first-order valence-electron chi connectivity index (χ1n) is 13.8. The van der Waals surface area contributed by atoms with Crippen molar-refractivity contribution in [2.45, 2.75) is 93.4 Å². The second kappa shape index (κ2) is 7.79. The molecular formula is C31H43IO4. The summed E-state index contributed by atoms with van der Waals surface area (Å²) in [5, 5.41) is 0. The fourth-order valence-electron chi connectivity index (χ4n) is 10.1. The first-order valence-corrected chi connectivity index (χ1v) is 14.9. The number of hydrogen-bond donors (Lipinski definition) is 0. The lowest BCUT2D eigenvalue weighted by molar-refractivity contribution is -0.172. The van der Waals surface area contributed by atoms with Gasteiger partial charge in [-0.2, -0.15) is 0 Å². The van der Waals surface area contributed by atoms with Crippen molar-refractivity contribution in [2.24, 2.45) is 50.2 Å². The van der Waals surface area contributed by atoms with Crippen molar-refractivity contribution < 1.29 is 19.1 Å². The molecule has 5 heteroatoms. The van der Waals surface area contributed by atoms with E-state index in [0.29, 0.717) is 0 Å². The van der Waals surface area contributed by atoms with Gasteiger partial charge < -0.3 is 4.74 Å². The van der Waals surface area contributed by atoms with E-state index < -0.39 is 10.8 Å². The highest BCUT2D eigenvalue weighted by Gasteiger charge is 2.70. The minimum absolute atomic E-state index is 0.108. The Morgan fingerprint density at radius 3 is 2.25 bits per heavy atom. The molecule has 5 rings (SSSR count). The third kappa shape index (κ3) is 3.13. The number of carbonyl (C=O) groups is 3. The average molecular weight is 607 g/mol. The number of hydrogen-bond acceptors (Lipinski definition) is 4. The number of methoxy groups -OCH3 is 1. The standard InChI is InChI=1S/C31H43IO4/c1-26(2)22-9-10-31(7)23(29(22,5)17-20(32)24(26)34)21(33)15-18-19-16-28(4,25(35)36-8)12-11-27(19,3)13-14-30(18,31)6/h15,17,19,22-23H,9-14,16H2,1-8H3/t19-,22?,23+,27+,28?,29-,30+,31+/m0/s1. The molecule has 0 aromatic carbocycles. The smallest absolute Gasteiger partial charge is 0.311 e. The molecule has 198 valence electrons. The minimum Gasteiger partial charge on any atom is -0.469 e. The van der Waals surface area contributed by atoms with Gasteiger partial charge in [0.15, 0.2) is 11.6 Å². The number of fused-ring (bicyclic) bond motifs is 7. The van der Waals surface area contributed by atoms with Crippen LogP contribution in [0.1, 0.15) is 93.4 Å². The summed E-state index contributed by atoms with van der Waals surface area (Å²) in [5.41, 5.74) is -0.221. The number of Topliss-reactive ketones (excluding diaryl/α,β-unsaturated/α-hetero) is 1. The number of ether oxygens (including phenoxy) is 1. The Hall–Kier alpha value is -0.980. The van der Waals surface area contributed by atoms with E-state index in [-0.39, 0.29) is 56.9 Å². The molecular weight excluding hydrogens is 563 g/mol. The first-order chi connectivity index (χ1) is 16.5. The van der Waals surface area contributed by atoms with Gasteiger partial charge in [-0.1, -0.05) is 53.2 Å². The first kappa shape index (κ1) is 26.6. The predicted molar refractivity (Wildman–Crippen MR) is 149 cm³/mol. The average Bonchev–Trinajstić information content (AvgIpc) is 2.79. The van der Waals surface area contributed by atoms with Gasteiger partial charge in [0, 0.05) is 16.7 Å². The van der Waals surface area contributed by atoms with Gasteiger partial charge in [-0.15, -0.1) is 0 Å². The molecule has 4 nitrogen and oxygen atoms in total. The molecule has 8 atom stereocenters. The molecule has 0 aliphatic heterocycles. The van der Waals surface area contributed by atoms with E-state index in [9.17, 15) is 14.4 Å². The Bertz CT molecular complexity index is 1120. The molecule has 0 bridgehead atoms. The van der Waals surface area contributed by atoms with Crippen molar-refractivity contribution in [1.82, 2.24) is 0 Å². The maximum Gasteiger partial charge on any atom is 0.311 e. The fourth-order valence-corrected chi connectivity index (χ4v) is 11.4. The summed E-state index contributed by atoms with van der Waals surface area (Å²) in [6, 6.07) is 0. The molecule has 0 spiro atoms. The van der Waals surface area contributed by atoms with Crippen molar-refractivity contribution in [3.8, 4) is 0 Å².